The number of hydrogen-bond acceptors (Lipinski definition) is 4. The molecule has 0 spiro atoms. The lowest BCUT2D eigenvalue weighted by molar-refractivity contribution is -0.112. The van der Waals surface area contributed by atoms with Gasteiger partial charge in [0.25, 0.3) is 0 Å². The molecule has 4 nitrogen and oxygen atoms in total. The van der Waals surface area contributed by atoms with E-state index in [1.165, 1.54) is 12.1 Å². The Hall–Kier alpha value is -2.92. The van der Waals surface area contributed by atoms with Gasteiger partial charge in [0.1, 0.15) is 5.82 Å². The van der Waals surface area contributed by atoms with Gasteiger partial charge in [0, 0.05) is 6.42 Å². The van der Waals surface area contributed by atoms with Gasteiger partial charge in [-0.05, 0) is 94.5 Å². The van der Waals surface area contributed by atoms with Gasteiger partial charge in [0.05, 0.1) is 19.3 Å². The molecule has 0 bridgehead atoms. The molecular formula is C28H37FO4. The molecule has 0 aliphatic rings. The smallest absolute Gasteiger partial charge is 0.161 e. The molecule has 0 atom stereocenters. The predicted molar refractivity (Wildman–Crippen MR) is 132 cm³/mol. The third-order valence-corrected chi connectivity index (χ3v) is 4.68. The van der Waals surface area contributed by atoms with Crippen LogP contribution in [0.2, 0.25) is 0 Å². The molecule has 2 aromatic carbocycles. The molecule has 0 saturated carbocycles. The molecule has 2 aromatic rings. The molecule has 0 radical (unpaired) electrons. The quantitative estimate of drug-likeness (QED) is 0.332. The Morgan fingerprint density at radius 3 is 2.33 bits per heavy atom. The van der Waals surface area contributed by atoms with Crippen LogP contribution in [0.4, 0.5) is 4.39 Å². The van der Waals surface area contributed by atoms with Gasteiger partial charge in [0.2, 0.25) is 0 Å². The van der Waals surface area contributed by atoms with E-state index in [-0.39, 0.29) is 11.6 Å². The zero-order valence-electron chi connectivity index (χ0n) is 20.7. The van der Waals surface area contributed by atoms with E-state index >= 15 is 0 Å². The van der Waals surface area contributed by atoms with Crippen LogP contribution in [0.15, 0.2) is 66.3 Å². The zero-order chi connectivity index (χ0) is 24.9. The monoisotopic (exact) mass is 456 g/mol. The highest BCUT2D eigenvalue weighted by Crippen LogP contribution is 2.28. The minimum atomic E-state index is -0.696. The van der Waals surface area contributed by atoms with E-state index in [0.29, 0.717) is 13.0 Å². The van der Waals surface area contributed by atoms with Crippen LogP contribution in [0, 0.1) is 12.7 Å². The van der Waals surface area contributed by atoms with Crippen LogP contribution in [0.25, 0.3) is 0 Å². The zero-order valence-corrected chi connectivity index (χ0v) is 20.7. The average Bonchev–Trinajstić information content (AvgIpc) is 2.73. The molecule has 0 saturated heterocycles. The lowest BCUT2D eigenvalue weighted by atomic mass is 10.0. The molecule has 0 unspecified atom stereocenters. The standard InChI is InChI=1S/C15H17FO.C13H20O3/c1-3-4-14(11-12(2)17)6-5-13-7-9-15(16)10-8-13;1-10-5-6-11(12(9-10)15-4)16-8-7-13(2,3)14/h3-4,7-11H,5-6H2,1-2H3;5-6,9,14H,7-8H2,1-4H3/b4-3-,14-11+;. The van der Waals surface area contributed by atoms with E-state index in [0.717, 1.165) is 41.0 Å². The van der Waals surface area contributed by atoms with Crippen molar-refractivity contribution in [1.29, 1.82) is 0 Å². The first kappa shape index (κ1) is 28.1. The number of benzene rings is 2. The Morgan fingerprint density at radius 1 is 1.12 bits per heavy atom. The molecule has 180 valence electrons. The summed E-state index contributed by atoms with van der Waals surface area (Å²) in [5.41, 5.74) is 2.51. The van der Waals surface area contributed by atoms with Gasteiger partial charge in [-0.2, -0.15) is 0 Å². The van der Waals surface area contributed by atoms with Gasteiger partial charge in [-0.25, -0.2) is 4.39 Å². The number of aryl methyl sites for hydroxylation is 2. The Kier molecular flexibility index (Phi) is 12.2. The molecule has 5 heteroatoms. The number of halogens is 1. The van der Waals surface area contributed by atoms with Crippen molar-refractivity contribution in [3.05, 3.63) is 83.2 Å². The van der Waals surface area contributed by atoms with Crippen LogP contribution < -0.4 is 9.47 Å². The summed E-state index contributed by atoms with van der Waals surface area (Å²) in [5.74, 6) is 1.28. The van der Waals surface area contributed by atoms with Crippen molar-refractivity contribution in [3.63, 3.8) is 0 Å². The topological polar surface area (TPSA) is 55.8 Å². The lowest BCUT2D eigenvalue weighted by Crippen LogP contribution is -2.21. The van der Waals surface area contributed by atoms with E-state index in [2.05, 4.69) is 0 Å². The second-order valence-electron chi connectivity index (χ2n) is 8.52. The fourth-order valence-electron chi connectivity index (χ4n) is 2.92. The molecule has 0 amide bonds. The predicted octanol–water partition coefficient (Wildman–Crippen LogP) is 6.39. The number of methoxy groups -OCH3 is 1. The number of hydrogen-bond donors (Lipinski definition) is 1. The van der Waals surface area contributed by atoms with Gasteiger partial charge in [-0.1, -0.05) is 30.4 Å². The molecule has 1 N–H and O–H groups in total. The first-order valence-corrected chi connectivity index (χ1v) is 11.1. The molecular weight excluding hydrogens is 419 g/mol. The highest BCUT2D eigenvalue weighted by molar-refractivity contribution is 5.88. The summed E-state index contributed by atoms with van der Waals surface area (Å²) in [7, 11) is 1.62. The van der Waals surface area contributed by atoms with Crippen molar-refractivity contribution in [2.24, 2.45) is 0 Å². The number of ketones is 1. The summed E-state index contributed by atoms with van der Waals surface area (Å²) in [5, 5.41) is 9.56. The number of carbonyl (C=O) groups excluding carboxylic acids is 1. The van der Waals surface area contributed by atoms with E-state index < -0.39 is 5.60 Å². The third kappa shape index (κ3) is 12.6. The number of rotatable bonds is 10. The maximum absolute atomic E-state index is 12.7. The van der Waals surface area contributed by atoms with Crippen LogP contribution in [0.5, 0.6) is 11.5 Å². The highest BCUT2D eigenvalue weighted by atomic mass is 19.1. The van der Waals surface area contributed by atoms with E-state index in [9.17, 15) is 14.3 Å². The number of aliphatic hydroxyl groups is 1. The first-order valence-electron chi connectivity index (χ1n) is 11.1. The van der Waals surface area contributed by atoms with E-state index in [4.69, 9.17) is 9.47 Å². The number of allylic oxidation sites excluding steroid dienone is 4. The fraction of sp³-hybridized carbons (Fsp3) is 0.393. The molecule has 0 aliphatic carbocycles. The summed E-state index contributed by atoms with van der Waals surface area (Å²) in [6.07, 6.45) is 7.68. The van der Waals surface area contributed by atoms with Crippen molar-refractivity contribution in [3.8, 4) is 11.5 Å². The average molecular weight is 457 g/mol. The Morgan fingerprint density at radius 2 is 1.79 bits per heavy atom. The van der Waals surface area contributed by atoms with E-state index in [1.54, 1.807) is 46.1 Å². The largest absolute Gasteiger partial charge is 0.493 e. The maximum Gasteiger partial charge on any atom is 0.161 e. The minimum Gasteiger partial charge on any atom is -0.493 e. The molecule has 0 aliphatic heterocycles. The summed E-state index contributed by atoms with van der Waals surface area (Å²) >= 11 is 0. The molecule has 33 heavy (non-hydrogen) atoms. The number of carbonyl (C=O) groups is 1. The molecule has 2 rings (SSSR count). The number of ether oxygens (including phenoxy) is 2. The lowest BCUT2D eigenvalue weighted by Gasteiger charge is -2.18. The summed E-state index contributed by atoms with van der Waals surface area (Å²) in [4.78, 5) is 11.0. The van der Waals surface area contributed by atoms with Crippen molar-refractivity contribution in [2.45, 2.75) is 59.5 Å². The first-order chi connectivity index (χ1) is 15.5. The molecule has 0 heterocycles. The summed E-state index contributed by atoms with van der Waals surface area (Å²) < 4.78 is 23.5. The van der Waals surface area contributed by atoms with Crippen LogP contribution >= 0.6 is 0 Å². The van der Waals surface area contributed by atoms with Crippen molar-refractivity contribution in [2.75, 3.05) is 13.7 Å². The van der Waals surface area contributed by atoms with Crippen LogP contribution in [-0.4, -0.2) is 30.2 Å². The Balaban J connectivity index is 0.000000331. The van der Waals surface area contributed by atoms with Crippen molar-refractivity contribution >= 4 is 5.78 Å². The second-order valence-corrected chi connectivity index (χ2v) is 8.52. The van der Waals surface area contributed by atoms with E-state index in [1.807, 2.05) is 44.2 Å². The maximum atomic E-state index is 12.7. The van der Waals surface area contributed by atoms with Crippen molar-refractivity contribution < 1.29 is 23.8 Å². The second kappa shape index (κ2) is 14.3. The third-order valence-electron chi connectivity index (χ3n) is 4.68. The van der Waals surface area contributed by atoms with Gasteiger partial charge in [-0.3, -0.25) is 4.79 Å². The van der Waals surface area contributed by atoms with Crippen LogP contribution in [0.3, 0.4) is 0 Å². The van der Waals surface area contributed by atoms with Gasteiger partial charge >= 0.3 is 0 Å². The Bertz CT molecular complexity index is 922. The SMILES string of the molecule is C/C=C\C(=C/C(C)=O)CCc1ccc(F)cc1.COc1cc(C)ccc1OCCC(C)(C)O. The minimum absolute atomic E-state index is 0.0530. The van der Waals surface area contributed by atoms with Crippen molar-refractivity contribution in [1.82, 2.24) is 0 Å². The molecule has 0 aromatic heterocycles. The fourth-order valence-corrected chi connectivity index (χ4v) is 2.92. The van der Waals surface area contributed by atoms with Gasteiger partial charge < -0.3 is 14.6 Å². The molecule has 0 fully saturated rings. The summed E-state index contributed by atoms with van der Waals surface area (Å²) in [6.45, 7) is 9.48. The van der Waals surface area contributed by atoms with Crippen LogP contribution in [-0.2, 0) is 11.2 Å². The highest BCUT2D eigenvalue weighted by Gasteiger charge is 2.13. The van der Waals surface area contributed by atoms with Gasteiger partial charge in [-0.15, -0.1) is 0 Å². The summed E-state index contributed by atoms with van der Waals surface area (Å²) in [6, 6.07) is 12.3. The van der Waals surface area contributed by atoms with Crippen LogP contribution in [0.1, 0.15) is 51.7 Å². The Labute approximate surface area is 197 Å². The normalized spacial score (nSPS) is 11.7. The van der Waals surface area contributed by atoms with Gasteiger partial charge in [0.15, 0.2) is 17.3 Å².